The first-order chi connectivity index (χ1) is 7.41. The van der Waals surface area contributed by atoms with Gasteiger partial charge in [-0.05, 0) is 19.3 Å². The van der Waals surface area contributed by atoms with Crippen molar-refractivity contribution < 1.29 is 14.7 Å². The molecule has 0 aromatic rings. The van der Waals surface area contributed by atoms with Crippen LogP contribution in [0.3, 0.4) is 0 Å². The number of amides is 2. The lowest BCUT2D eigenvalue weighted by Gasteiger charge is -2.22. The predicted molar refractivity (Wildman–Crippen MR) is 60.1 cm³/mol. The van der Waals surface area contributed by atoms with Crippen molar-refractivity contribution in [3.63, 3.8) is 0 Å². The molecule has 0 saturated carbocycles. The number of carbonyl (C=O) groups is 2. The van der Waals surface area contributed by atoms with Gasteiger partial charge >= 0.3 is 12.0 Å². The molecule has 2 N–H and O–H groups in total. The van der Waals surface area contributed by atoms with E-state index in [-0.39, 0.29) is 12.1 Å². The van der Waals surface area contributed by atoms with Crippen molar-refractivity contribution in [1.29, 1.82) is 0 Å². The maximum atomic E-state index is 11.8. The molecule has 16 heavy (non-hydrogen) atoms. The van der Waals surface area contributed by atoms with Crippen molar-refractivity contribution in [2.75, 3.05) is 13.1 Å². The van der Waals surface area contributed by atoms with Gasteiger partial charge in [0.15, 0.2) is 0 Å². The fourth-order valence-corrected chi connectivity index (χ4v) is 1.60. The molecule has 1 fully saturated rings. The van der Waals surface area contributed by atoms with Crippen LogP contribution in [0.15, 0.2) is 0 Å². The second-order valence-electron chi connectivity index (χ2n) is 4.75. The molecule has 2 atom stereocenters. The van der Waals surface area contributed by atoms with E-state index in [1.165, 1.54) is 0 Å². The molecule has 1 saturated heterocycles. The van der Waals surface area contributed by atoms with Crippen LogP contribution in [-0.2, 0) is 4.79 Å². The number of carbonyl (C=O) groups excluding carboxylic acids is 1. The number of hydrogen-bond acceptors (Lipinski definition) is 2. The molecule has 0 bridgehead atoms. The first-order valence-corrected chi connectivity index (χ1v) is 5.70. The minimum absolute atomic E-state index is 0.108. The number of hydrogen-bond donors (Lipinski definition) is 2. The second kappa shape index (κ2) is 5.18. The summed E-state index contributed by atoms with van der Waals surface area (Å²) < 4.78 is 0. The Morgan fingerprint density at radius 2 is 2.00 bits per heavy atom. The highest BCUT2D eigenvalue weighted by Crippen LogP contribution is 2.16. The van der Waals surface area contributed by atoms with Crippen LogP contribution >= 0.6 is 0 Å². The number of likely N-dealkylation sites (tertiary alicyclic amines) is 1. The number of carboxylic acid groups (broad SMARTS) is 1. The molecule has 1 heterocycles. The molecule has 1 rings (SSSR count). The molecule has 0 radical (unpaired) electrons. The van der Waals surface area contributed by atoms with Gasteiger partial charge in [0.1, 0.15) is 0 Å². The van der Waals surface area contributed by atoms with Crippen molar-refractivity contribution in [2.45, 2.75) is 33.2 Å². The summed E-state index contributed by atoms with van der Waals surface area (Å²) >= 11 is 0. The Kier molecular flexibility index (Phi) is 4.15. The van der Waals surface area contributed by atoms with E-state index in [1.54, 1.807) is 4.90 Å². The van der Waals surface area contributed by atoms with Crippen LogP contribution in [-0.4, -0.2) is 41.1 Å². The SMILES string of the molecule is CC(C)[C@@H](C)NC(=O)N1CCC(C(=O)O)C1. The normalized spacial score (nSPS) is 22.2. The third kappa shape index (κ3) is 3.12. The van der Waals surface area contributed by atoms with Crippen LogP contribution in [0.5, 0.6) is 0 Å². The number of aliphatic carboxylic acids is 1. The molecule has 1 aliphatic rings. The smallest absolute Gasteiger partial charge is 0.317 e. The predicted octanol–water partition coefficient (Wildman–Crippen LogP) is 1.15. The Morgan fingerprint density at radius 1 is 1.38 bits per heavy atom. The van der Waals surface area contributed by atoms with Gasteiger partial charge in [-0.3, -0.25) is 4.79 Å². The Bertz CT molecular complexity index is 278. The van der Waals surface area contributed by atoms with Crippen molar-refractivity contribution in [2.24, 2.45) is 11.8 Å². The average molecular weight is 228 g/mol. The molecule has 92 valence electrons. The molecular weight excluding hydrogens is 208 g/mol. The topological polar surface area (TPSA) is 69.6 Å². The Hall–Kier alpha value is -1.26. The van der Waals surface area contributed by atoms with Crippen LogP contribution in [0.1, 0.15) is 27.2 Å². The van der Waals surface area contributed by atoms with Gasteiger partial charge in [0, 0.05) is 19.1 Å². The molecule has 0 aromatic heterocycles. The highest BCUT2D eigenvalue weighted by atomic mass is 16.4. The van der Waals surface area contributed by atoms with E-state index in [4.69, 9.17) is 5.11 Å². The summed E-state index contributed by atoms with van der Waals surface area (Å²) in [6.07, 6.45) is 0.554. The zero-order chi connectivity index (χ0) is 12.3. The lowest BCUT2D eigenvalue weighted by molar-refractivity contribution is -0.141. The number of carboxylic acids is 1. The Balaban J connectivity index is 2.42. The average Bonchev–Trinajstić information content (AvgIpc) is 2.65. The number of rotatable bonds is 3. The number of nitrogens with zero attached hydrogens (tertiary/aromatic N) is 1. The summed E-state index contributed by atoms with van der Waals surface area (Å²) in [5.74, 6) is -0.839. The largest absolute Gasteiger partial charge is 0.481 e. The molecule has 0 spiro atoms. The van der Waals surface area contributed by atoms with E-state index in [0.717, 1.165) is 0 Å². The molecule has 2 amide bonds. The van der Waals surface area contributed by atoms with Crippen LogP contribution in [0.2, 0.25) is 0 Å². The fraction of sp³-hybridized carbons (Fsp3) is 0.818. The van der Waals surface area contributed by atoms with Crippen LogP contribution in [0.25, 0.3) is 0 Å². The number of urea groups is 1. The molecule has 5 nitrogen and oxygen atoms in total. The fourth-order valence-electron chi connectivity index (χ4n) is 1.60. The van der Waals surface area contributed by atoms with Crippen LogP contribution in [0, 0.1) is 11.8 Å². The Morgan fingerprint density at radius 3 is 2.44 bits per heavy atom. The van der Waals surface area contributed by atoms with E-state index in [0.29, 0.717) is 25.4 Å². The molecule has 1 unspecified atom stereocenters. The highest BCUT2D eigenvalue weighted by molar-refractivity contribution is 5.77. The first-order valence-electron chi connectivity index (χ1n) is 5.70. The minimum Gasteiger partial charge on any atom is -0.481 e. The molecule has 0 aliphatic carbocycles. The second-order valence-corrected chi connectivity index (χ2v) is 4.75. The van der Waals surface area contributed by atoms with Gasteiger partial charge in [-0.25, -0.2) is 4.79 Å². The van der Waals surface area contributed by atoms with E-state index >= 15 is 0 Å². The maximum Gasteiger partial charge on any atom is 0.317 e. The van der Waals surface area contributed by atoms with E-state index in [1.807, 2.05) is 20.8 Å². The van der Waals surface area contributed by atoms with Crippen molar-refractivity contribution in [3.8, 4) is 0 Å². The van der Waals surface area contributed by atoms with Gasteiger partial charge in [-0.15, -0.1) is 0 Å². The highest BCUT2D eigenvalue weighted by Gasteiger charge is 2.31. The Labute approximate surface area is 95.8 Å². The summed E-state index contributed by atoms with van der Waals surface area (Å²) in [5.41, 5.74) is 0. The molecule has 1 aliphatic heterocycles. The van der Waals surface area contributed by atoms with Gasteiger partial charge in [-0.1, -0.05) is 13.8 Å². The van der Waals surface area contributed by atoms with Gasteiger partial charge < -0.3 is 15.3 Å². The van der Waals surface area contributed by atoms with Gasteiger partial charge in [0.2, 0.25) is 0 Å². The minimum atomic E-state index is -0.813. The first kappa shape index (κ1) is 12.8. The zero-order valence-corrected chi connectivity index (χ0v) is 10.1. The zero-order valence-electron chi connectivity index (χ0n) is 10.1. The lowest BCUT2D eigenvalue weighted by Crippen LogP contribution is -2.44. The monoisotopic (exact) mass is 228 g/mol. The summed E-state index contributed by atoms with van der Waals surface area (Å²) in [4.78, 5) is 24.1. The van der Waals surface area contributed by atoms with Gasteiger partial charge in [0.05, 0.1) is 5.92 Å². The maximum absolute atomic E-state index is 11.8. The summed E-state index contributed by atoms with van der Waals surface area (Å²) in [7, 11) is 0. The van der Waals surface area contributed by atoms with Crippen molar-refractivity contribution >= 4 is 12.0 Å². The van der Waals surface area contributed by atoms with Crippen LogP contribution in [0.4, 0.5) is 4.79 Å². The van der Waals surface area contributed by atoms with E-state index in [2.05, 4.69) is 5.32 Å². The number of nitrogens with one attached hydrogen (secondary N) is 1. The lowest BCUT2D eigenvalue weighted by atomic mass is 10.1. The van der Waals surface area contributed by atoms with E-state index < -0.39 is 11.9 Å². The van der Waals surface area contributed by atoms with Gasteiger partial charge in [-0.2, -0.15) is 0 Å². The molecular formula is C11H20N2O3. The molecule has 5 heteroatoms. The third-order valence-electron chi connectivity index (χ3n) is 3.18. The van der Waals surface area contributed by atoms with Crippen molar-refractivity contribution in [1.82, 2.24) is 10.2 Å². The quantitative estimate of drug-likeness (QED) is 0.761. The molecule has 0 aromatic carbocycles. The standard InChI is InChI=1S/C11H20N2O3/c1-7(2)8(3)12-11(16)13-5-4-9(6-13)10(14)15/h7-9H,4-6H2,1-3H3,(H,12,16)(H,14,15)/t8-,9?/m1/s1. The van der Waals surface area contributed by atoms with E-state index in [9.17, 15) is 9.59 Å². The summed E-state index contributed by atoms with van der Waals surface area (Å²) in [6, 6.07) is -0.0404. The van der Waals surface area contributed by atoms with Gasteiger partial charge in [0.25, 0.3) is 0 Å². The summed E-state index contributed by atoms with van der Waals surface area (Å²) in [6.45, 7) is 6.89. The third-order valence-corrected chi connectivity index (χ3v) is 3.18. The van der Waals surface area contributed by atoms with Crippen molar-refractivity contribution in [3.05, 3.63) is 0 Å². The van der Waals surface area contributed by atoms with Crippen LogP contribution < -0.4 is 5.32 Å². The summed E-state index contributed by atoms with van der Waals surface area (Å²) in [5, 5.41) is 11.7.